The van der Waals surface area contributed by atoms with Crippen molar-refractivity contribution in [1.82, 2.24) is 9.47 Å². The van der Waals surface area contributed by atoms with Gasteiger partial charge in [0, 0.05) is 54.6 Å². The Hall–Kier alpha value is -2.72. The summed E-state index contributed by atoms with van der Waals surface area (Å²) >= 11 is 0. The average Bonchev–Trinajstić information content (AvgIpc) is 3.03. The van der Waals surface area contributed by atoms with Gasteiger partial charge in [-0.25, -0.2) is 8.42 Å². The van der Waals surface area contributed by atoms with E-state index in [4.69, 9.17) is 4.74 Å². The number of hydrogen-bond donors (Lipinski definition) is 0. The van der Waals surface area contributed by atoms with Gasteiger partial charge in [-0.2, -0.15) is 0 Å². The fraction of sp³-hybridized carbons (Fsp3) is 0.391. The van der Waals surface area contributed by atoms with Gasteiger partial charge in [-0.1, -0.05) is 0 Å². The van der Waals surface area contributed by atoms with E-state index in [0.717, 1.165) is 16.8 Å². The maximum atomic E-state index is 12.6. The summed E-state index contributed by atoms with van der Waals surface area (Å²) in [5.74, 6) is 0.389. The highest BCUT2D eigenvalue weighted by molar-refractivity contribution is 7.90. The van der Waals surface area contributed by atoms with Gasteiger partial charge < -0.3 is 14.0 Å². The van der Waals surface area contributed by atoms with Crippen LogP contribution in [0, 0.1) is 0 Å². The van der Waals surface area contributed by atoms with Crippen molar-refractivity contribution in [1.29, 1.82) is 0 Å². The number of halogens is 3. The minimum Gasteiger partial charge on any atom is -0.491 e. The molecule has 0 amide bonds. The van der Waals surface area contributed by atoms with Gasteiger partial charge in [0.15, 0.2) is 9.84 Å². The van der Waals surface area contributed by atoms with Crippen molar-refractivity contribution in [3.05, 3.63) is 53.7 Å². The second-order valence-electron chi connectivity index (χ2n) is 8.47. The summed E-state index contributed by atoms with van der Waals surface area (Å²) in [5, 5.41) is 0.677. The van der Waals surface area contributed by atoms with E-state index in [2.05, 4.69) is 14.2 Å². The van der Waals surface area contributed by atoms with Crippen LogP contribution in [0.25, 0.3) is 10.9 Å². The Kier molecular flexibility index (Phi) is 6.09. The Labute approximate surface area is 190 Å². The summed E-state index contributed by atoms with van der Waals surface area (Å²) in [5.41, 5.74) is 2.59. The minimum absolute atomic E-state index is 0.0650. The second-order valence-corrected chi connectivity index (χ2v) is 10.5. The zero-order valence-electron chi connectivity index (χ0n) is 18.5. The molecule has 10 heteroatoms. The number of benzene rings is 2. The smallest absolute Gasteiger partial charge is 0.491 e. The van der Waals surface area contributed by atoms with Crippen molar-refractivity contribution in [3.8, 4) is 11.5 Å². The van der Waals surface area contributed by atoms with Crippen LogP contribution in [0.4, 0.5) is 13.2 Å². The largest absolute Gasteiger partial charge is 0.573 e. The number of sulfone groups is 1. The van der Waals surface area contributed by atoms with E-state index in [1.165, 1.54) is 18.4 Å². The molecule has 2 aromatic carbocycles. The lowest BCUT2D eigenvalue weighted by molar-refractivity contribution is -0.274. The first-order valence-electron chi connectivity index (χ1n) is 10.5. The van der Waals surface area contributed by atoms with Gasteiger partial charge in [0.25, 0.3) is 0 Å². The van der Waals surface area contributed by atoms with Gasteiger partial charge in [0.1, 0.15) is 11.5 Å². The van der Waals surface area contributed by atoms with Crippen molar-refractivity contribution >= 4 is 20.7 Å². The fourth-order valence-electron chi connectivity index (χ4n) is 4.10. The summed E-state index contributed by atoms with van der Waals surface area (Å²) in [7, 11) is -3.36. The second kappa shape index (κ2) is 8.57. The molecule has 0 spiro atoms. The summed E-state index contributed by atoms with van der Waals surface area (Å²) in [6.45, 7) is 6.21. The lowest BCUT2D eigenvalue weighted by atomic mass is 10.1. The van der Waals surface area contributed by atoms with Crippen LogP contribution in [0.1, 0.15) is 25.1 Å². The van der Waals surface area contributed by atoms with Crippen molar-refractivity contribution in [2.45, 2.75) is 50.8 Å². The van der Waals surface area contributed by atoms with E-state index >= 15 is 0 Å². The topological polar surface area (TPSA) is 60.8 Å². The summed E-state index contributed by atoms with van der Waals surface area (Å²) < 4.78 is 73.8. The average molecular weight is 483 g/mol. The van der Waals surface area contributed by atoms with E-state index in [-0.39, 0.29) is 16.7 Å². The van der Waals surface area contributed by atoms with Crippen LogP contribution in [0.15, 0.2) is 47.4 Å². The summed E-state index contributed by atoms with van der Waals surface area (Å²) in [6, 6.07) is 11.1. The van der Waals surface area contributed by atoms with Crippen LogP contribution in [0.5, 0.6) is 11.5 Å². The van der Waals surface area contributed by atoms with Crippen molar-refractivity contribution in [3.63, 3.8) is 0 Å². The van der Waals surface area contributed by atoms with Gasteiger partial charge in [0.05, 0.1) is 11.0 Å². The third-order valence-corrected chi connectivity index (χ3v) is 6.54. The van der Waals surface area contributed by atoms with Gasteiger partial charge >= 0.3 is 6.36 Å². The highest BCUT2D eigenvalue weighted by atomic mass is 32.2. The molecular formula is C23H25F3N2O4S. The van der Waals surface area contributed by atoms with Gasteiger partial charge in [0.2, 0.25) is 0 Å². The van der Waals surface area contributed by atoms with E-state index in [0.29, 0.717) is 37.3 Å². The SMILES string of the molecule is CC(C)Oc1ccc(S(C)(=O)=O)cc1CN1CCn2c(cc3cc(OC(F)(F)F)ccc32)C1. The Balaban J connectivity index is 1.59. The molecule has 178 valence electrons. The number of hydrogen-bond acceptors (Lipinski definition) is 5. The third-order valence-electron chi connectivity index (χ3n) is 5.43. The molecule has 0 N–H and O–H groups in total. The van der Waals surface area contributed by atoms with Crippen molar-refractivity contribution < 1.29 is 31.1 Å². The molecule has 6 nitrogen and oxygen atoms in total. The van der Waals surface area contributed by atoms with Crippen LogP contribution in [0.2, 0.25) is 0 Å². The highest BCUT2D eigenvalue weighted by Gasteiger charge is 2.31. The Morgan fingerprint density at radius 2 is 1.82 bits per heavy atom. The standard InChI is InChI=1S/C23H25F3N2O4S/c1-15(2)31-22-7-5-20(33(3,29)30)12-17(22)13-27-8-9-28-18(14-27)10-16-11-19(4-6-21(16)28)32-23(24,25)26/h4-7,10-12,15H,8-9,13-14H2,1-3H3. The first-order valence-corrected chi connectivity index (χ1v) is 12.4. The van der Waals surface area contributed by atoms with E-state index < -0.39 is 16.2 Å². The first kappa shape index (κ1) is 23.4. The summed E-state index contributed by atoms with van der Waals surface area (Å²) in [6.07, 6.45) is -3.63. The molecular weight excluding hydrogens is 457 g/mol. The van der Waals surface area contributed by atoms with E-state index in [9.17, 15) is 21.6 Å². The molecule has 1 aliphatic heterocycles. The Morgan fingerprint density at radius 1 is 1.06 bits per heavy atom. The van der Waals surface area contributed by atoms with Crippen LogP contribution >= 0.6 is 0 Å². The molecule has 0 saturated carbocycles. The van der Waals surface area contributed by atoms with Crippen molar-refractivity contribution in [2.24, 2.45) is 0 Å². The number of rotatable bonds is 6. The van der Waals surface area contributed by atoms with E-state index in [1.807, 2.05) is 19.9 Å². The number of alkyl halides is 3. The molecule has 1 aromatic heterocycles. The molecule has 0 saturated heterocycles. The number of ether oxygens (including phenoxy) is 2. The molecule has 0 aliphatic carbocycles. The van der Waals surface area contributed by atoms with Gasteiger partial charge in [-0.15, -0.1) is 13.2 Å². The third kappa shape index (κ3) is 5.44. The normalized spacial score (nSPS) is 15.1. The van der Waals surface area contributed by atoms with Crippen LogP contribution in [-0.4, -0.2) is 43.2 Å². The zero-order valence-corrected chi connectivity index (χ0v) is 19.3. The predicted molar refractivity (Wildman–Crippen MR) is 118 cm³/mol. The number of nitrogens with zero attached hydrogens (tertiary/aromatic N) is 2. The Morgan fingerprint density at radius 3 is 2.48 bits per heavy atom. The first-order chi connectivity index (χ1) is 15.4. The zero-order chi connectivity index (χ0) is 24.0. The Bertz CT molecular complexity index is 1280. The minimum atomic E-state index is -4.74. The number of aromatic nitrogens is 1. The van der Waals surface area contributed by atoms with Crippen LogP contribution in [0.3, 0.4) is 0 Å². The van der Waals surface area contributed by atoms with E-state index in [1.54, 1.807) is 24.3 Å². The quantitative estimate of drug-likeness (QED) is 0.508. The monoisotopic (exact) mass is 482 g/mol. The van der Waals surface area contributed by atoms with Gasteiger partial charge in [-0.05, 0) is 56.3 Å². The lowest BCUT2D eigenvalue weighted by Gasteiger charge is -2.29. The molecule has 2 heterocycles. The lowest BCUT2D eigenvalue weighted by Crippen LogP contribution is -2.33. The molecule has 0 fully saturated rings. The molecule has 0 bridgehead atoms. The maximum absolute atomic E-state index is 12.6. The molecule has 1 aliphatic rings. The molecule has 0 unspecified atom stereocenters. The molecule has 3 aromatic rings. The molecule has 4 rings (SSSR count). The summed E-state index contributed by atoms with van der Waals surface area (Å²) in [4.78, 5) is 2.40. The van der Waals surface area contributed by atoms with Gasteiger partial charge in [-0.3, -0.25) is 4.90 Å². The molecule has 0 atom stereocenters. The van der Waals surface area contributed by atoms with Crippen LogP contribution in [-0.2, 0) is 29.5 Å². The maximum Gasteiger partial charge on any atom is 0.573 e. The molecule has 0 radical (unpaired) electrons. The molecule has 33 heavy (non-hydrogen) atoms. The van der Waals surface area contributed by atoms with Crippen molar-refractivity contribution in [2.75, 3.05) is 12.8 Å². The fourth-order valence-corrected chi connectivity index (χ4v) is 4.77. The highest BCUT2D eigenvalue weighted by Crippen LogP contribution is 2.32. The predicted octanol–water partition coefficient (Wildman–Crippen LogP) is 4.75. The number of fused-ring (bicyclic) bond motifs is 3. The van der Waals surface area contributed by atoms with Crippen LogP contribution < -0.4 is 9.47 Å².